The molecule has 0 amide bonds. The molecular formula is C59H68Cl2F9N15O4. The Morgan fingerprint density at radius 3 is 1.42 bits per heavy atom. The van der Waals surface area contributed by atoms with Crippen LogP contribution in [-0.4, -0.2) is 163 Å². The van der Waals surface area contributed by atoms with Crippen LogP contribution in [0.5, 0.6) is 23.1 Å². The van der Waals surface area contributed by atoms with Crippen molar-refractivity contribution in [3.8, 4) is 56.9 Å². The largest absolute Gasteiger partial charge is 0.573 e. The van der Waals surface area contributed by atoms with Gasteiger partial charge in [0.25, 0.3) is 0 Å². The number of piperazine rings is 1. The first-order valence-corrected chi connectivity index (χ1v) is 28.1. The van der Waals surface area contributed by atoms with E-state index in [9.17, 15) is 39.5 Å². The lowest BCUT2D eigenvalue weighted by atomic mass is 9.97. The number of ether oxygens (including phenoxy) is 4. The quantitative estimate of drug-likeness (QED) is 0.0688. The summed E-state index contributed by atoms with van der Waals surface area (Å²) < 4.78 is 135. The third-order valence-electron chi connectivity index (χ3n) is 14.5. The van der Waals surface area contributed by atoms with Crippen LogP contribution in [0.1, 0.15) is 39.5 Å². The Bertz CT molecular complexity index is 3690. The number of anilines is 2. The highest BCUT2D eigenvalue weighted by Gasteiger charge is 2.33. The third kappa shape index (κ3) is 19.8. The average Bonchev–Trinajstić information content (AvgIpc) is 1.83. The van der Waals surface area contributed by atoms with Gasteiger partial charge in [-0.2, -0.15) is 0 Å². The van der Waals surface area contributed by atoms with Crippen molar-refractivity contribution in [3.63, 3.8) is 0 Å². The molecule has 0 bridgehead atoms. The van der Waals surface area contributed by atoms with Crippen molar-refractivity contribution in [1.29, 1.82) is 0 Å². The fourth-order valence-electron chi connectivity index (χ4n) is 9.65. The molecule has 2 saturated heterocycles. The van der Waals surface area contributed by atoms with Crippen LogP contribution in [0.2, 0.25) is 0 Å². The molecule has 2 atom stereocenters. The van der Waals surface area contributed by atoms with E-state index in [1.807, 2.05) is 31.2 Å². The second kappa shape index (κ2) is 30.5. The monoisotopic (exact) mass is 1290 g/mol. The summed E-state index contributed by atoms with van der Waals surface area (Å²) >= 11 is 0. The lowest BCUT2D eigenvalue weighted by molar-refractivity contribution is -0.275. The number of nitrogens with one attached hydrogen (secondary N) is 2. The van der Waals surface area contributed by atoms with Gasteiger partial charge < -0.3 is 45.1 Å². The molecule has 2 aliphatic rings. The number of hydrogen-bond donors (Lipinski definition) is 3. The van der Waals surface area contributed by atoms with Crippen LogP contribution in [0.4, 0.5) is 51.1 Å². The number of piperidine rings is 1. The summed E-state index contributed by atoms with van der Waals surface area (Å²) in [4.78, 5) is 20.0. The van der Waals surface area contributed by atoms with E-state index in [1.54, 1.807) is 51.8 Å². The van der Waals surface area contributed by atoms with Crippen molar-refractivity contribution in [2.75, 3.05) is 83.7 Å². The fourth-order valence-corrected chi connectivity index (χ4v) is 9.65. The predicted molar refractivity (Wildman–Crippen MR) is 324 cm³/mol. The summed E-state index contributed by atoms with van der Waals surface area (Å²) in [6.45, 7) is 12.6. The number of nitrogens with zero attached hydrogens (tertiary/aromatic N) is 12. The first kappa shape index (κ1) is 68.6. The molecule has 6 aromatic heterocycles. The van der Waals surface area contributed by atoms with Gasteiger partial charge in [-0.05, 0) is 126 Å². The maximum atomic E-state index is 12.6. The molecule has 0 saturated carbocycles. The number of aromatic nitrogens is 9. The Hall–Kier alpha value is -7.89. The number of fused-ring (bicyclic) bond motifs is 3. The topological polar surface area (TPSA) is 187 Å². The summed E-state index contributed by atoms with van der Waals surface area (Å²) in [7, 11) is 4.27. The Morgan fingerprint density at radius 2 is 0.966 bits per heavy atom. The molecule has 11 rings (SSSR count). The number of alkyl halides is 9. The summed E-state index contributed by atoms with van der Waals surface area (Å²) in [6.07, 6.45) is -5.51. The van der Waals surface area contributed by atoms with Crippen molar-refractivity contribution in [3.05, 3.63) is 128 Å². The molecule has 89 heavy (non-hydrogen) atoms. The standard InChI is InChI=1S/C22H27F3N6O.C20H22F3N5O.C17H17F3N4O2.2ClH/c1-3-17(15-30-11-9-29(2)10-12-30)27-20-7-8-21-26-14-19(31(21)28-20)16-5-4-6-18(13-16)32-22(23,24)25;1-27-9-7-14(8-10-27)12-24-18-5-6-19-25-13-17(28(19)26-18)15-3-2-4-16(11-15)29-20(21,22)23;1-2-12(21)10-25-16-7-6-15-22-9-14(24(15)23-16)11-4-3-5-13(8-11)26-17(18,19)20;;/h4-8,13-14,17H,3,9-12,15H2,1-2H3,(H,27,28);2-6,11,13-14H,7-10,12H2,1H3,(H,24,26);3-9,12H,2,10,21H2,1H3;2*1H/t;;12-;;/m..0../s1. The number of halogens is 11. The van der Waals surface area contributed by atoms with Crippen molar-refractivity contribution < 1.29 is 58.5 Å². The average molecular weight is 1290 g/mol. The van der Waals surface area contributed by atoms with Gasteiger partial charge in [0.2, 0.25) is 5.88 Å². The molecule has 2 fully saturated rings. The Kier molecular flexibility index (Phi) is 23.5. The van der Waals surface area contributed by atoms with E-state index in [1.165, 1.54) is 65.3 Å². The van der Waals surface area contributed by atoms with Crippen LogP contribution in [-0.2, 0) is 0 Å². The van der Waals surface area contributed by atoms with Crippen molar-refractivity contribution in [1.82, 2.24) is 58.5 Å². The van der Waals surface area contributed by atoms with Crippen molar-refractivity contribution in [2.24, 2.45) is 11.7 Å². The third-order valence-corrected chi connectivity index (χ3v) is 14.5. The zero-order chi connectivity index (χ0) is 61.9. The van der Waals surface area contributed by atoms with E-state index in [4.69, 9.17) is 10.5 Å². The molecule has 0 radical (unpaired) electrons. The van der Waals surface area contributed by atoms with Gasteiger partial charge in [-0.3, -0.25) is 4.90 Å². The molecule has 4 N–H and O–H groups in total. The molecule has 0 spiro atoms. The number of nitrogens with two attached hydrogens (primary N) is 1. The van der Waals surface area contributed by atoms with Gasteiger partial charge in [0.05, 0.1) is 35.7 Å². The molecule has 1 unspecified atom stereocenters. The predicted octanol–water partition coefficient (Wildman–Crippen LogP) is 12.0. The molecule has 8 heterocycles. The molecule has 0 aliphatic carbocycles. The minimum absolute atomic E-state index is 0. The molecular weight excluding hydrogens is 1220 g/mol. The Balaban J connectivity index is 0.000000189. The van der Waals surface area contributed by atoms with Crippen LogP contribution in [0.3, 0.4) is 0 Å². The molecule has 480 valence electrons. The van der Waals surface area contributed by atoms with Gasteiger partial charge in [-0.25, -0.2) is 28.5 Å². The van der Waals surface area contributed by atoms with E-state index < -0.39 is 19.1 Å². The summed E-state index contributed by atoms with van der Waals surface area (Å²) in [6, 6.07) is 28.2. The van der Waals surface area contributed by atoms with E-state index in [0.717, 1.165) is 78.0 Å². The Morgan fingerprint density at radius 1 is 0.539 bits per heavy atom. The van der Waals surface area contributed by atoms with E-state index in [-0.39, 0.29) is 54.1 Å². The van der Waals surface area contributed by atoms with Crippen molar-refractivity contribution >= 4 is 53.4 Å². The number of rotatable bonds is 18. The first-order valence-electron chi connectivity index (χ1n) is 28.1. The van der Waals surface area contributed by atoms with E-state index in [0.29, 0.717) is 80.8 Å². The van der Waals surface area contributed by atoms with Gasteiger partial charge in [-0.15, -0.1) is 79.6 Å². The highest BCUT2D eigenvalue weighted by molar-refractivity contribution is 5.85. The van der Waals surface area contributed by atoms with Gasteiger partial charge in [0, 0.05) is 74.1 Å². The highest BCUT2D eigenvalue weighted by atomic mass is 35.5. The van der Waals surface area contributed by atoms with Crippen LogP contribution in [0, 0.1) is 5.92 Å². The summed E-state index contributed by atoms with van der Waals surface area (Å²) in [5.41, 5.74) is 10.8. The summed E-state index contributed by atoms with van der Waals surface area (Å²) in [5, 5.41) is 20.5. The van der Waals surface area contributed by atoms with Crippen LogP contribution >= 0.6 is 24.8 Å². The summed E-state index contributed by atoms with van der Waals surface area (Å²) in [5.74, 6) is 1.48. The lowest BCUT2D eigenvalue weighted by Crippen LogP contribution is -2.48. The number of benzene rings is 3. The molecule has 9 aromatic rings. The maximum Gasteiger partial charge on any atom is 0.573 e. The smallest absolute Gasteiger partial charge is 0.475 e. The second-order valence-corrected chi connectivity index (χ2v) is 21.0. The number of hydrogen-bond acceptors (Lipinski definition) is 16. The Labute approximate surface area is 519 Å². The van der Waals surface area contributed by atoms with Crippen LogP contribution in [0.15, 0.2) is 128 Å². The lowest BCUT2D eigenvalue weighted by Gasteiger charge is -2.34. The van der Waals surface area contributed by atoms with E-state index >= 15 is 0 Å². The minimum atomic E-state index is -4.75. The number of likely N-dealkylation sites (N-methyl/N-ethyl adjacent to an activating group) is 1. The fraction of sp³-hybridized carbons (Fsp3) is 0.390. The SMILES string of the molecule is CCC(CN1CCN(C)CC1)Nc1ccc2ncc(-c3cccc(OC(F)(F)F)c3)n2n1.CC[C@H](N)COc1ccc2ncc(-c3cccc(OC(F)(F)F)c3)n2n1.CN1CCC(CNc2ccc3ncc(-c4cccc(OC(F)(F)F)c4)n3n2)CC1.Cl.Cl. The minimum Gasteiger partial charge on any atom is -0.475 e. The molecule has 19 nitrogen and oxygen atoms in total. The van der Waals surface area contributed by atoms with Crippen LogP contribution < -0.4 is 35.3 Å². The zero-order valence-corrected chi connectivity index (χ0v) is 50.5. The van der Waals surface area contributed by atoms with Gasteiger partial charge >= 0.3 is 19.1 Å². The van der Waals surface area contributed by atoms with E-state index in [2.05, 4.69) is 90.8 Å². The van der Waals surface area contributed by atoms with Crippen molar-refractivity contribution in [2.45, 2.75) is 70.7 Å². The normalized spacial score (nSPS) is 15.2. The van der Waals surface area contributed by atoms with Gasteiger partial charge in [0.1, 0.15) is 35.5 Å². The second-order valence-electron chi connectivity index (χ2n) is 21.0. The number of likely N-dealkylation sites (tertiary alicyclic amines) is 1. The number of imidazole rings is 3. The highest BCUT2D eigenvalue weighted by Crippen LogP contribution is 2.32. The zero-order valence-electron chi connectivity index (χ0n) is 48.8. The maximum absolute atomic E-state index is 12.6. The molecule has 2 aliphatic heterocycles. The molecule has 3 aromatic carbocycles. The molecule has 30 heteroatoms. The first-order chi connectivity index (χ1) is 41.5. The van der Waals surface area contributed by atoms with Crippen LogP contribution in [0.25, 0.3) is 50.7 Å². The van der Waals surface area contributed by atoms with Gasteiger partial charge in [-0.1, -0.05) is 50.2 Å². The van der Waals surface area contributed by atoms with Gasteiger partial charge in [0.15, 0.2) is 16.9 Å².